The number of aryl methyl sites for hydroxylation is 1. The maximum absolute atomic E-state index is 13.7. The minimum Gasteiger partial charge on any atom is -0.463 e. The molecule has 5 heterocycles. The lowest BCUT2D eigenvalue weighted by molar-refractivity contribution is -0.145. The average Bonchev–Trinajstić information content (AvgIpc) is 3.51. The Kier molecular flexibility index (Phi) is 16.6. The Morgan fingerprint density at radius 3 is 2.22 bits per heavy atom. The summed E-state index contributed by atoms with van der Waals surface area (Å²) in [4.78, 5) is 75.6. The molecule has 0 bridgehead atoms. The van der Waals surface area contributed by atoms with E-state index in [-0.39, 0.29) is 37.8 Å². The number of hydrogen-bond donors (Lipinski definition) is 2. The van der Waals surface area contributed by atoms with Gasteiger partial charge in [-0.05, 0) is 120 Å². The lowest BCUT2D eigenvalue weighted by atomic mass is 9.98. The van der Waals surface area contributed by atoms with E-state index in [1.807, 2.05) is 61.2 Å². The number of carbonyl (C=O) groups is 4. The molecule has 1 atom stereocenters. The second-order valence-corrected chi connectivity index (χ2v) is 17.1. The summed E-state index contributed by atoms with van der Waals surface area (Å²) in [6.07, 6.45) is 4.89. The number of aromatic amines is 1. The first kappa shape index (κ1) is 46.2. The summed E-state index contributed by atoms with van der Waals surface area (Å²) in [5.41, 5.74) is 4.55. The van der Waals surface area contributed by atoms with E-state index in [1.165, 1.54) is 12.8 Å². The van der Waals surface area contributed by atoms with Crippen molar-refractivity contribution in [3.05, 3.63) is 63.6 Å². The number of amides is 4. The molecule has 3 fully saturated rings. The van der Waals surface area contributed by atoms with Crippen molar-refractivity contribution < 1.29 is 33.1 Å². The highest BCUT2D eigenvalue weighted by atomic mass is 16.6. The number of piperidine rings is 3. The number of nitrogens with zero attached hydrogens (tertiary/aromatic N) is 5. The number of ether oxygens (including phenoxy) is 2. The van der Waals surface area contributed by atoms with Gasteiger partial charge in [-0.3, -0.25) is 19.5 Å². The molecule has 1 aromatic heterocycles. The van der Waals surface area contributed by atoms with Crippen LogP contribution in [0.1, 0.15) is 76.5 Å². The molecule has 0 unspecified atom stereocenters. The number of H-pyrrole nitrogens is 1. The fourth-order valence-corrected chi connectivity index (χ4v) is 8.32. The van der Waals surface area contributed by atoms with Gasteiger partial charge in [-0.25, -0.2) is 14.4 Å². The van der Waals surface area contributed by atoms with Gasteiger partial charge in [0.2, 0.25) is 0 Å². The minimum atomic E-state index is -1.00. The zero-order valence-corrected chi connectivity index (χ0v) is 35.5. The summed E-state index contributed by atoms with van der Waals surface area (Å²) in [5, 5.41) is 3.03. The van der Waals surface area contributed by atoms with Crippen molar-refractivity contribution in [2.45, 2.75) is 91.7 Å². The number of benzene rings is 2. The summed E-state index contributed by atoms with van der Waals surface area (Å²) in [5.74, 6) is 0.525. The van der Waals surface area contributed by atoms with Gasteiger partial charge in [-0.1, -0.05) is 45.5 Å². The van der Waals surface area contributed by atoms with Gasteiger partial charge in [0.15, 0.2) is 11.7 Å². The van der Waals surface area contributed by atoms with Crippen molar-refractivity contribution in [2.75, 3.05) is 84.9 Å². The summed E-state index contributed by atoms with van der Waals surface area (Å²) >= 11 is 0. The molecule has 4 aliphatic heterocycles. The number of urea groups is 1. The zero-order chi connectivity index (χ0) is 42.1. The van der Waals surface area contributed by atoms with E-state index in [4.69, 9.17) is 13.9 Å². The van der Waals surface area contributed by atoms with Crippen LogP contribution in [0.25, 0.3) is 11.1 Å². The smallest absolute Gasteiger partial charge is 0.417 e. The minimum absolute atomic E-state index is 0. The first-order chi connectivity index (χ1) is 28.3. The number of oxazole rings is 1. The standard InChI is InChI=1S/C32H39N5O6.C12H24N2O2.CH4/c1-20-7-12-35(13-8-20)29(38)27(19-22-17-21(2)28-26(18-22)42-31(40)34-28)43-32(41)36-14-10-24(11-15-36)37-16-9-23-5-3-4-6-25(23)33-30(37)39;1-11-4-6-14(7-5-11)10-12(15)16-9-8-13(2)3;/h3-6,17-18,20,24,27H,7-16,19H2,1-2H3,(H,33,39)(H,34,40);11H,4-10H2,1-3H3;1H4/t27-;;/m1../s1. The quantitative estimate of drug-likeness (QED) is 0.241. The number of nitrogens with one attached hydrogen (secondary N) is 2. The van der Waals surface area contributed by atoms with Gasteiger partial charge in [0.25, 0.3) is 5.91 Å². The number of anilines is 1. The van der Waals surface area contributed by atoms with Gasteiger partial charge >= 0.3 is 23.8 Å². The molecule has 2 aromatic carbocycles. The Bertz CT molecular complexity index is 1960. The molecule has 0 spiro atoms. The SMILES string of the molecule is C.CC1CCN(CC(=O)OCCN(C)C)CC1.Cc1cc(C[C@@H](OC(=O)N2CCC(N3CCc4ccccc4NC3=O)CC2)C(=O)N2CCC(C)CC2)cc2oc(=O)[nH]c12. The first-order valence-electron chi connectivity index (χ1n) is 21.4. The lowest BCUT2D eigenvalue weighted by Crippen LogP contribution is -2.51. The zero-order valence-electron chi connectivity index (χ0n) is 35.5. The van der Waals surface area contributed by atoms with E-state index >= 15 is 0 Å². The summed E-state index contributed by atoms with van der Waals surface area (Å²) < 4.78 is 16.4. The fraction of sp³-hybridized carbons (Fsp3) is 0.622. The van der Waals surface area contributed by atoms with Crippen molar-refractivity contribution in [1.82, 2.24) is 29.5 Å². The molecule has 0 radical (unpaired) electrons. The maximum Gasteiger partial charge on any atom is 0.417 e. The number of aromatic nitrogens is 1. The third-order valence-electron chi connectivity index (χ3n) is 12.2. The van der Waals surface area contributed by atoms with Gasteiger partial charge in [0.1, 0.15) is 6.61 Å². The molecule has 15 nitrogen and oxygen atoms in total. The van der Waals surface area contributed by atoms with Gasteiger partial charge < -0.3 is 38.8 Å². The number of para-hydroxylation sites is 1. The van der Waals surface area contributed by atoms with Crippen molar-refractivity contribution in [3.8, 4) is 0 Å². The predicted molar refractivity (Wildman–Crippen MR) is 232 cm³/mol. The summed E-state index contributed by atoms with van der Waals surface area (Å²) in [6.45, 7) is 12.9. The van der Waals surface area contributed by atoms with Crippen LogP contribution in [0.5, 0.6) is 0 Å². The number of rotatable bonds is 10. The molecule has 0 aliphatic carbocycles. The molecular formula is C45H67N7O8. The Balaban J connectivity index is 0.000000340. The molecule has 7 rings (SSSR count). The van der Waals surface area contributed by atoms with Gasteiger partial charge in [-0.15, -0.1) is 0 Å². The Hall–Kier alpha value is -4.89. The number of carbonyl (C=O) groups excluding carboxylic acids is 4. The Morgan fingerprint density at radius 1 is 0.883 bits per heavy atom. The summed E-state index contributed by atoms with van der Waals surface area (Å²) in [7, 11) is 3.94. The van der Waals surface area contributed by atoms with Crippen LogP contribution in [-0.4, -0.2) is 145 Å². The van der Waals surface area contributed by atoms with Crippen LogP contribution >= 0.6 is 0 Å². The fourth-order valence-electron chi connectivity index (χ4n) is 8.32. The second kappa shape index (κ2) is 21.6. The van der Waals surface area contributed by atoms with Crippen molar-refractivity contribution in [2.24, 2.45) is 11.8 Å². The number of likely N-dealkylation sites (tertiary alicyclic amines) is 3. The molecule has 60 heavy (non-hydrogen) atoms. The lowest BCUT2D eigenvalue weighted by Gasteiger charge is -2.38. The number of hydrogen-bond acceptors (Lipinski definition) is 10. The third kappa shape index (κ3) is 12.6. The first-order valence-corrected chi connectivity index (χ1v) is 21.4. The van der Waals surface area contributed by atoms with E-state index < -0.39 is 18.0 Å². The molecule has 4 amide bonds. The largest absolute Gasteiger partial charge is 0.463 e. The van der Waals surface area contributed by atoms with Crippen LogP contribution in [-0.2, 0) is 31.9 Å². The molecule has 3 saturated heterocycles. The molecule has 15 heteroatoms. The molecule has 4 aliphatic rings. The topological polar surface area (TPSA) is 161 Å². The highest BCUT2D eigenvalue weighted by Crippen LogP contribution is 2.26. The van der Waals surface area contributed by atoms with Crippen molar-refractivity contribution in [1.29, 1.82) is 0 Å². The normalized spacial score (nSPS) is 18.8. The number of esters is 1. The third-order valence-corrected chi connectivity index (χ3v) is 12.2. The van der Waals surface area contributed by atoms with E-state index in [2.05, 4.69) is 29.0 Å². The van der Waals surface area contributed by atoms with E-state index in [1.54, 1.807) is 15.9 Å². The molecular weight excluding hydrogens is 767 g/mol. The monoisotopic (exact) mass is 834 g/mol. The van der Waals surface area contributed by atoms with Gasteiger partial charge in [0, 0.05) is 57.4 Å². The average molecular weight is 834 g/mol. The summed E-state index contributed by atoms with van der Waals surface area (Å²) in [6, 6.07) is 11.4. The van der Waals surface area contributed by atoms with Crippen LogP contribution in [0.15, 0.2) is 45.6 Å². The number of fused-ring (bicyclic) bond motifs is 2. The van der Waals surface area contributed by atoms with Gasteiger partial charge in [0.05, 0.1) is 12.1 Å². The van der Waals surface area contributed by atoms with Gasteiger partial charge in [-0.2, -0.15) is 0 Å². The Labute approximate surface area is 354 Å². The van der Waals surface area contributed by atoms with E-state index in [0.29, 0.717) is 75.7 Å². The highest BCUT2D eigenvalue weighted by Gasteiger charge is 2.35. The maximum atomic E-state index is 13.7. The predicted octanol–water partition coefficient (Wildman–Crippen LogP) is 5.75. The van der Waals surface area contributed by atoms with Crippen molar-refractivity contribution in [3.63, 3.8) is 0 Å². The molecule has 0 saturated carbocycles. The van der Waals surface area contributed by atoms with Crippen LogP contribution in [0, 0.1) is 18.8 Å². The number of likely N-dealkylation sites (N-methyl/N-ethyl adjacent to an activating group) is 1. The molecule has 330 valence electrons. The van der Waals surface area contributed by atoms with Crippen LogP contribution < -0.4 is 11.1 Å². The molecule has 2 N–H and O–H groups in total. The highest BCUT2D eigenvalue weighted by molar-refractivity contribution is 5.91. The van der Waals surface area contributed by atoms with E-state index in [0.717, 1.165) is 67.2 Å². The Morgan fingerprint density at radius 2 is 1.53 bits per heavy atom. The van der Waals surface area contributed by atoms with Crippen LogP contribution in [0.3, 0.4) is 0 Å². The van der Waals surface area contributed by atoms with Crippen LogP contribution in [0.4, 0.5) is 15.3 Å². The molecule has 3 aromatic rings. The van der Waals surface area contributed by atoms with E-state index in [9.17, 15) is 24.0 Å². The second-order valence-electron chi connectivity index (χ2n) is 17.1. The van der Waals surface area contributed by atoms with Crippen LogP contribution in [0.2, 0.25) is 0 Å². The van der Waals surface area contributed by atoms with Crippen molar-refractivity contribution >= 4 is 40.8 Å².